The van der Waals surface area contributed by atoms with Crippen molar-refractivity contribution in [3.63, 3.8) is 0 Å². The van der Waals surface area contributed by atoms with E-state index in [0.29, 0.717) is 0 Å². The van der Waals surface area contributed by atoms with Gasteiger partial charge in [0.15, 0.2) is 0 Å². The minimum atomic E-state index is -0.178. The third-order valence-electron chi connectivity index (χ3n) is 4.00. The molecule has 2 nitrogen and oxygen atoms in total. The molecular weight excluding hydrogens is 174 g/mol. The third kappa shape index (κ3) is 2.71. The fraction of sp³-hybridized carbons (Fsp3) is 1.00. The fourth-order valence-corrected chi connectivity index (χ4v) is 1.96. The number of likely N-dealkylation sites (N-methyl/N-ethyl adjacent to an activating group) is 1. The van der Waals surface area contributed by atoms with Gasteiger partial charge in [-0.3, -0.25) is 0 Å². The van der Waals surface area contributed by atoms with Crippen molar-refractivity contribution in [1.29, 1.82) is 0 Å². The van der Waals surface area contributed by atoms with E-state index in [4.69, 9.17) is 0 Å². The maximum atomic E-state index is 10.2. The second-order valence-corrected chi connectivity index (χ2v) is 5.14. The van der Waals surface area contributed by atoms with Crippen molar-refractivity contribution in [2.75, 3.05) is 14.1 Å². The average molecular weight is 199 g/mol. The summed E-state index contributed by atoms with van der Waals surface area (Å²) >= 11 is 0. The summed E-state index contributed by atoms with van der Waals surface area (Å²) < 4.78 is 0. The number of rotatable bonds is 6. The molecule has 0 bridgehead atoms. The van der Waals surface area contributed by atoms with Gasteiger partial charge >= 0.3 is 0 Å². The van der Waals surface area contributed by atoms with E-state index >= 15 is 0 Å². The Labute approximate surface area is 88.3 Å². The van der Waals surface area contributed by atoms with Crippen LogP contribution in [0.3, 0.4) is 0 Å². The van der Waals surface area contributed by atoms with Crippen molar-refractivity contribution in [1.82, 2.24) is 4.90 Å². The van der Waals surface area contributed by atoms with Crippen LogP contribution in [0.4, 0.5) is 0 Å². The molecule has 0 aromatic rings. The highest BCUT2D eigenvalue weighted by molar-refractivity contribution is 4.90. The molecule has 1 fully saturated rings. The van der Waals surface area contributed by atoms with Gasteiger partial charge in [-0.15, -0.1) is 0 Å². The number of aliphatic hydroxyl groups is 1. The van der Waals surface area contributed by atoms with Gasteiger partial charge in [-0.2, -0.15) is 0 Å². The van der Waals surface area contributed by atoms with E-state index in [1.807, 2.05) is 0 Å². The Morgan fingerprint density at radius 2 is 2.00 bits per heavy atom. The van der Waals surface area contributed by atoms with E-state index in [2.05, 4.69) is 32.8 Å². The Bertz CT molecular complexity index is 177. The van der Waals surface area contributed by atoms with Crippen LogP contribution in [0.5, 0.6) is 0 Å². The van der Waals surface area contributed by atoms with E-state index < -0.39 is 0 Å². The van der Waals surface area contributed by atoms with Gasteiger partial charge in [-0.25, -0.2) is 0 Å². The van der Waals surface area contributed by atoms with Crippen LogP contribution in [-0.2, 0) is 0 Å². The summed E-state index contributed by atoms with van der Waals surface area (Å²) in [6.45, 7) is 4.31. The SMILES string of the molecule is CCC(C)(C(O)CCC1CC1)N(C)C. The summed E-state index contributed by atoms with van der Waals surface area (Å²) in [6.07, 6.45) is 5.78. The summed E-state index contributed by atoms with van der Waals surface area (Å²) in [7, 11) is 4.12. The molecule has 0 heterocycles. The Balaban J connectivity index is 2.40. The first kappa shape index (κ1) is 12.0. The lowest BCUT2D eigenvalue weighted by Gasteiger charge is -2.40. The van der Waals surface area contributed by atoms with E-state index in [-0.39, 0.29) is 11.6 Å². The number of nitrogens with zero attached hydrogens (tertiary/aromatic N) is 1. The first-order valence-corrected chi connectivity index (χ1v) is 5.86. The lowest BCUT2D eigenvalue weighted by atomic mass is 9.87. The quantitative estimate of drug-likeness (QED) is 0.709. The average Bonchev–Trinajstić information content (AvgIpc) is 2.95. The highest BCUT2D eigenvalue weighted by Gasteiger charge is 2.34. The molecule has 0 aromatic heterocycles. The maximum Gasteiger partial charge on any atom is 0.0720 e. The molecule has 0 aliphatic heterocycles. The van der Waals surface area contributed by atoms with Crippen molar-refractivity contribution in [2.45, 2.75) is 57.6 Å². The highest BCUT2D eigenvalue weighted by Crippen LogP contribution is 2.35. The number of hydrogen-bond acceptors (Lipinski definition) is 2. The summed E-state index contributed by atoms with van der Waals surface area (Å²) in [4.78, 5) is 2.16. The summed E-state index contributed by atoms with van der Waals surface area (Å²) in [5.41, 5.74) is -0.0467. The molecule has 1 rings (SSSR count). The topological polar surface area (TPSA) is 23.5 Å². The zero-order valence-corrected chi connectivity index (χ0v) is 10.1. The van der Waals surface area contributed by atoms with Crippen LogP contribution >= 0.6 is 0 Å². The largest absolute Gasteiger partial charge is 0.391 e. The Morgan fingerprint density at radius 1 is 1.43 bits per heavy atom. The van der Waals surface area contributed by atoms with E-state index in [1.54, 1.807) is 0 Å². The van der Waals surface area contributed by atoms with E-state index in [9.17, 15) is 5.11 Å². The highest BCUT2D eigenvalue weighted by atomic mass is 16.3. The van der Waals surface area contributed by atoms with E-state index in [0.717, 1.165) is 18.8 Å². The van der Waals surface area contributed by atoms with Gasteiger partial charge in [0, 0.05) is 5.54 Å². The molecule has 14 heavy (non-hydrogen) atoms. The summed E-state index contributed by atoms with van der Waals surface area (Å²) in [5.74, 6) is 0.924. The summed E-state index contributed by atoms with van der Waals surface area (Å²) in [6, 6.07) is 0. The monoisotopic (exact) mass is 199 g/mol. The van der Waals surface area contributed by atoms with Crippen molar-refractivity contribution in [2.24, 2.45) is 5.92 Å². The molecule has 0 spiro atoms. The molecule has 1 aliphatic rings. The number of hydrogen-bond donors (Lipinski definition) is 1. The predicted octanol–water partition coefficient (Wildman–Crippen LogP) is 2.27. The fourth-order valence-electron chi connectivity index (χ4n) is 1.96. The zero-order valence-electron chi connectivity index (χ0n) is 10.1. The van der Waals surface area contributed by atoms with Crippen molar-refractivity contribution < 1.29 is 5.11 Å². The molecule has 1 N–H and O–H groups in total. The molecule has 2 heteroatoms. The van der Waals surface area contributed by atoms with E-state index in [1.165, 1.54) is 19.3 Å². The molecule has 1 saturated carbocycles. The minimum Gasteiger partial charge on any atom is -0.391 e. The molecule has 0 saturated heterocycles. The standard InChI is InChI=1S/C12H25NO/c1-5-12(2,13(3)4)11(14)9-8-10-6-7-10/h10-11,14H,5-9H2,1-4H3. The van der Waals surface area contributed by atoms with Crippen LogP contribution in [-0.4, -0.2) is 35.7 Å². The van der Waals surface area contributed by atoms with Crippen molar-refractivity contribution >= 4 is 0 Å². The zero-order chi connectivity index (χ0) is 10.8. The number of aliphatic hydroxyl groups excluding tert-OH is 1. The predicted molar refractivity (Wildman–Crippen MR) is 60.3 cm³/mol. The smallest absolute Gasteiger partial charge is 0.0720 e. The van der Waals surface area contributed by atoms with Gasteiger partial charge in [0.2, 0.25) is 0 Å². The Kier molecular flexibility index (Phi) is 3.96. The molecule has 84 valence electrons. The van der Waals surface area contributed by atoms with Gasteiger partial charge < -0.3 is 10.0 Å². The van der Waals surface area contributed by atoms with Crippen LogP contribution in [0, 0.1) is 5.92 Å². The summed E-state index contributed by atoms with van der Waals surface area (Å²) in [5, 5.41) is 10.2. The van der Waals surface area contributed by atoms with Crippen LogP contribution in [0.1, 0.15) is 46.0 Å². The molecule has 0 aromatic carbocycles. The van der Waals surface area contributed by atoms with Crippen molar-refractivity contribution in [3.05, 3.63) is 0 Å². The van der Waals surface area contributed by atoms with Crippen LogP contribution < -0.4 is 0 Å². The van der Waals surface area contributed by atoms with Crippen LogP contribution in [0.2, 0.25) is 0 Å². The van der Waals surface area contributed by atoms with Gasteiger partial charge in [0.25, 0.3) is 0 Å². The first-order chi connectivity index (χ1) is 6.50. The van der Waals surface area contributed by atoms with Gasteiger partial charge in [-0.05, 0) is 46.2 Å². The maximum absolute atomic E-state index is 10.2. The van der Waals surface area contributed by atoms with Gasteiger partial charge in [0.1, 0.15) is 0 Å². The lowest BCUT2D eigenvalue weighted by Crippen LogP contribution is -2.50. The molecule has 2 atom stereocenters. The second kappa shape index (κ2) is 4.63. The molecular formula is C12H25NO. The molecule has 0 amide bonds. The lowest BCUT2D eigenvalue weighted by molar-refractivity contribution is -0.00424. The molecule has 1 aliphatic carbocycles. The van der Waals surface area contributed by atoms with Crippen LogP contribution in [0.15, 0.2) is 0 Å². The first-order valence-electron chi connectivity index (χ1n) is 5.86. The molecule has 0 radical (unpaired) electrons. The Morgan fingerprint density at radius 3 is 2.36 bits per heavy atom. The normalized spacial score (nSPS) is 23.6. The third-order valence-corrected chi connectivity index (χ3v) is 4.00. The van der Waals surface area contributed by atoms with Gasteiger partial charge in [-0.1, -0.05) is 19.8 Å². The Hall–Kier alpha value is -0.0800. The second-order valence-electron chi connectivity index (χ2n) is 5.14. The molecule has 2 unspecified atom stereocenters. The van der Waals surface area contributed by atoms with Gasteiger partial charge in [0.05, 0.1) is 6.10 Å². The van der Waals surface area contributed by atoms with Crippen molar-refractivity contribution in [3.8, 4) is 0 Å². The minimum absolute atomic E-state index is 0.0467. The van der Waals surface area contributed by atoms with Crippen LogP contribution in [0.25, 0.3) is 0 Å².